The standard InChI is InChI=1S/C18H21ClN2O2/c1-14(15-5-3-2-4-6-15)21-13-18(22)20-11-12-23-17-9-7-16(19)8-10-17/h2-10,14,21H,11-13H2,1H3,(H,20,22)/p+1/t14-/m0/s1. The van der Waals surface area contributed by atoms with Crippen LogP contribution in [0, 0.1) is 0 Å². The van der Waals surface area contributed by atoms with Crippen molar-refractivity contribution in [1.29, 1.82) is 0 Å². The summed E-state index contributed by atoms with van der Waals surface area (Å²) in [5.41, 5.74) is 1.21. The Kier molecular flexibility index (Phi) is 6.91. The quantitative estimate of drug-likeness (QED) is 0.727. The molecule has 3 N–H and O–H groups in total. The van der Waals surface area contributed by atoms with Gasteiger partial charge in [-0.1, -0.05) is 41.9 Å². The number of hydrogen-bond acceptors (Lipinski definition) is 2. The maximum Gasteiger partial charge on any atom is 0.275 e. The van der Waals surface area contributed by atoms with Gasteiger partial charge in [0.2, 0.25) is 0 Å². The van der Waals surface area contributed by atoms with Gasteiger partial charge < -0.3 is 15.4 Å². The number of nitrogens with one attached hydrogen (secondary N) is 1. The number of quaternary nitrogens is 1. The molecule has 0 spiro atoms. The number of benzene rings is 2. The van der Waals surface area contributed by atoms with E-state index in [1.165, 1.54) is 5.56 Å². The van der Waals surface area contributed by atoms with E-state index in [0.29, 0.717) is 24.7 Å². The number of carbonyl (C=O) groups excluding carboxylic acids is 1. The van der Waals surface area contributed by atoms with Gasteiger partial charge in [-0.2, -0.15) is 0 Å². The van der Waals surface area contributed by atoms with E-state index in [9.17, 15) is 4.79 Å². The molecule has 23 heavy (non-hydrogen) atoms. The Balaban J connectivity index is 1.61. The minimum Gasteiger partial charge on any atom is -0.492 e. The fraction of sp³-hybridized carbons (Fsp3) is 0.278. The second kappa shape index (κ2) is 9.18. The van der Waals surface area contributed by atoms with Crippen molar-refractivity contribution in [2.75, 3.05) is 19.7 Å². The fourth-order valence-electron chi connectivity index (χ4n) is 2.14. The van der Waals surface area contributed by atoms with Crippen LogP contribution in [0.2, 0.25) is 5.02 Å². The highest BCUT2D eigenvalue weighted by molar-refractivity contribution is 6.30. The minimum absolute atomic E-state index is 0.00693. The highest BCUT2D eigenvalue weighted by atomic mass is 35.5. The third-order valence-corrected chi connectivity index (χ3v) is 3.74. The molecule has 2 aromatic carbocycles. The molecule has 1 atom stereocenters. The van der Waals surface area contributed by atoms with Gasteiger partial charge in [-0.25, -0.2) is 0 Å². The van der Waals surface area contributed by atoms with Crippen molar-refractivity contribution in [2.24, 2.45) is 0 Å². The number of nitrogens with two attached hydrogens (primary N) is 1. The number of ether oxygens (including phenoxy) is 1. The van der Waals surface area contributed by atoms with Crippen LogP contribution < -0.4 is 15.4 Å². The van der Waals surface area contributed by atoms with Gasteiger partial charge in [-0.05, 0) is 31.2 Å². The Morgan fingerprint density at radius 2 is 1.87 bits per heavy atom. The lowest BCUT2D eigenvalue weighted by Crippen LogP contribution is -2.87. The second-order valence-electron chi connectivity index (χ2n) is 5.29. The highest BCUT2D eigenvalue weighted by Gasteiger charge is 2.10. The van der Waals surface area contributed by atoms with Crippen molar-refractivity contribution in [3.8, 4) is 5.75 Å². The largest absolute Gasteiger partial charge is 0.492 e. The molecule has 0 radical (unpaired) electrons. The zero-order valence-electron chi connectivity index (χ0n) is 13.2. The maximum atomic E-state index is 11.8. The third kappa shape index (κ3) is 6.30. The van der Waals surface area contributed by atoms with E-state index < -0.39 is 0 Å². The first-order valence-corrected chi connectivity index (χ1v) is 8.06. The van der Waals surface area contributed by atoms with Crippen LogP contribution in [0.5, 0.6) is 5.75 Å². The monoisotopic (exact) mass is 333 g/mol. The predicted molar refractivity (Wildman–Crippen MR) is 91.6 cm³/mol. The normalized spacial score (nSPS) is 11.7. The van der Waals surface area contributed by atoms with E-state index in [1.807, 2.05) is 23.5 Å². The Bertz CT molecular complexity index is 602. The lowest BCUT2D eigenvalue weighted by Gasteiger charge is -2.11. The molecule has 5 heteroatoms. The van der Waals surface area contributed by atoms with E-state index >= 15 is 0 Å². The first kappa shape index (κ1) is 17.3. The molecule has 0 unspecified atom stereocenters. The zero-order chi connectivity index (χ0) is 16.5. The summed E-state index contributed by atoms with van der Waals surface area (Å²) in [6.45, 7) is 3.40. The molecule has 0 bridgehead atoms. The first-order chi connectivity index (χ1) is 11.1. The average Bonchev–Trinajstić information content (AvgIpc) is 2.59. The van der Waals surface area contributed by atoms with Crippen LogP contribution in [0.15, 0.2) is 54.6 Å². The van der Waals surface area contributed by atoms with Gasteiger partial charge in [0.25, 0.3) is 5.91 Å². The molecule has 122 valence electrons. The Labute approximate surface area is 141 Å². The summed E-state index contributed by atoms with van der Waals surface area (Å²) in [5.74, 6) is 0.750. The highest BCUT2D eigenvalue weighted by Crippen LogP contribution is 2.15. The molecule has 4 nitrogen and oxygen atoms in total. The predicted octanol–water partition coefficient (Wildman–Crippen LogP) is 2.16. The van der Waals surface area contributed by atoms with Crippen molar-refractivity contribution in [3.63, 3.8) is 0 Å². The third-order valence-electron chi connectivity index (χ3n) is 3.49. The van der Waals surface area contributed by atoms with Crippen LogP contribution in [0.4, 0.5) is 0 Å². The van der Waals surface area contributed by atoms with Crippen molar-refractivity contribution in [1.82, 2.24) is 5.32 Å². The van der Waals surface area contributed by atoms with Crippen molar-refractivity contribution >= 4 is 17.5 Å². The molecule has 0 aliphatic carbocycles. The molecular weight excluding hydrogens is 312 g/mol. The minimum atomic E-state index is 0.00693. The van der Waals surface area contributed by atoms with Crippen LogP contribution in [0.3, 0.4) is 0 Å². The van der Waals surface area contributed by atoms with Crippen LogP contribution in [-0.2, 0) is 4.79 Å². The maximum absolute atomic E-state index is 11.8. The Hall–Kier alpha value is -2.04. The van der Waals surface area contributed by atoms with Crippen LogP contribution in [-0.4, -0.2) is 25.6 Å². The molecule has 0 aliphatic heterocycles. The number of rotatable bonds is 8. The zero-order valence-corrected chi connectivity index (χ0v) is 13.9. The molecule has 2 rings (SSSR count). The number of halogens is 1. The van der Waals surface area contributed by atoms with Crippen molar-refractivity contribution in [3.05, 3.63) is 65.2 Å². The molecule has 0 heterocycles. The van der Waals surface area contributed by atoms with Crippen molar-refractivity contribution < 1.29 is 14.8 Å². The summed E-state index contributed by atoms with van der Waals surface area (Å²) in [6.07, 6.45) is 0. The first-order valence-electron chi connectivity index (χ1n) is 7.68. The molecule has 0 aromatic heterocycles. The smallest absolute Gasteiger partial charge is 0.275 e. The van der Waals surface area contributed by atoms with Gasteiger partial charge in [0, 0.05) is 10.6 Å². The van der Waals surface area contributed by atoms with Crippen molar-refractivity contribution in [2.45, 2.75) is 13.0 Å². The van der Waals surface area contributed by atoms with Gasteiger partial charge in [-0.15, -0.1) is 0 Å². The summed E-state index contributed by atoms with van der Waals surface area (Å²) >= 11 is 5.80. The number of hydrogen-bond donors (Lipinski definition) is 2. The van der Waals surface area contributed by atoms with E-state index in [0.717, 1.165) is 5.75 Å². The van der Waals surface area contributed by atoms with Gasteiger partial charge in [-0.3, -0.25) is 4.79 Å². The second-order valence-corrected chi connectivity index (χ2v) is 5.73. The van der Waals surface area contributed by atoms with Gasteiger partial charge in [0.1, 0.15) is 18.4 Å². The van der Waals surface area contributed by atoms with Gasteiger partial charge in [0.15, 0.2) is 6.54 Å². The molecule has 0 saturated heterocycles. The lowest BCUT2D eigenvalue weighted by molar-refractivity contribution is -0.682. The van der Waals surface area contributed by atoms with Crippen LogP contribution in [0.25, 0.3) is 0 Å². The van der Waals surface area contributed by atoms with Crippen LogP contribution in [0.1, 0.15) is 18.5 Å². The molecule has 2 aromatic rings. The summed E-state index contributed by atoms with van der Waals surface area (Å²) in [7, 11) is 0. The summed E-state index contributed by atoms with van der Waals surface area (Å²) in [5, 5.41) is 5.54. The summed E-state index contributed by atoms with van der Waals surface area (Å²) in [4.78, 5) is 11.8. The number of carbonyl (C=O) groups is 1. The SMILES string of the molecule is C[C@H]([NH2+]CC(=O)NCCOc1ccc(Cl)cc1)c1ccccc1. The van der Waals surface area contributed by atoms with E-state index in [1.54, 1.807) is 24.3 Å². The average molecular weight is 334 g/mol. The van der Waals surface area contributed by atoms with E-state index in [-0.39, 0.29) is 11.9 Å². The molecular formula is C18H22ClN2O2+. The topological polar surface area (TPSA) is 54.9 Å². The summed E-state index contributed by atoms with van der Waals surface area (Å²) in [6, 6.07) is 17.6. The van der Waals surface area contributed by atoms with Gasteiger partial charge in [0.05, 0.1) is 6.54 Å². The van der Waals surface area contributed by atoms with E-state index in [4.69, 9.17) is 16.3 Å². The Morgan fingerprint density at radius 1 is 1.17 bits per heavy atom. The van der Waals surface area contributed by atoms with Gasteiger partial charge >= 0.3 is 0 Å². The fourth-order valence-corrected chi connectivity index (χ4v) is 2.26. The van der Waals surface area contributed by atoms with E-state index in [2.05, 4.69) is 24.4 Å². The molecule has 0 fully saturated rings. The Morgan fingerprint density at radius 3 is 2.57 bits per heavy atom. The molecule has 0 saturated carbocycles. The lowest BCUT2D eigenvalue weighted by atomic mass is 10.1. The molecule has 0 aliphatic rings. The number of amides is 1. The summed E-state index contributed by atoms with van der Waals surface area (Å²) < 4.78 is 5.52. The molecule has 1 amide bonds. The van der Waals surface area contributed by atoms with Crippen LogP contribution >= 0.6 is 11.6 Å².